The third kappa shape index (κ3) is 3.62. The molecule has 1 saturated heterocycles. The van der Waals surface area contributed by atoms with E-state index in [1.807, 2.05) is 31.2 Å². The Morgan fingerprint density at radius 3 is 2.25 bits per heavy atom. The molecule has 0 aromatic heterocycles. The summed E-state index contributed by atoms with van der Waals surface area (Å²) in [7, 11) is -3.09. The second kappa shape index (κ2) is 6.57. The Kier molecular flexibility index (Phi) is 4.65. The predicted octanol–water partition coefficient (Wildman–Crippen LogP) is 3.48. The maximum Gasteiger partial charge on any atom is 0.258 e. The highest BCUT2D eigenvalue weighted by atomic mass is 35.5. The normalized spacial score (nSPS) is 19.2. The predicted molar refractivity (Wildman–Crippen MR) is 96.5 cm³/mol. The van der Waals surface area contributed by atoms with Gasteiger partial charge in [-0.15, -0.1) is 0 Å². The summed E-state index contributed by atoms with van der Waals surface area (Å²) in [6.07, 6.45) is 0.454. The quantitative estimate of drug-likeness (QED) is 0.838. The van der Waals surface area contributed by atoms with Crippen LogP contribution in [0.5, 0.6) is 0 Å². The number of hydrogen-bond acceptors (Lipinski definition) is 3. The Balaban J connectivity index is 1.99. The molecule has 1 atom stereocenters. The number of carbonyl (C=O) groups is 1. The Hall–Kier alpha value is -1.85. The standard InChI is InChI=1S/C18H18ClNO3S/c1-13-2-8-16(9-3-13)20(17-10-11-24(22,23)12-17)18(21)14-4-6-15(19)7-5-14/h2-9,17H,10-12H2,1H3. The van der Waals surface area contributed by atoms with Crippen LogP contribution in [0.25, 0.3) is 0 Å². The fraction of sp³-hybridized carbons (Fsp3) is 0.278. The van der Waals surface area contributed by atoms with Gasteiger partial charge < -0.3 is 4.90 Å². The molecule has 0 radical (unpaired) electrons. The third-order valence-electron chi connectivity index (χ3n) is 4.20. The molecule has 0 bridgehead atoms. The number of sulfone groups is 1. The van der Waals surface area contributed by atoms with Crippen molar-refractivity contribution >= 4 is 33.0 Å². The first-order valence-corrected chi connectivity index (χ1v) is 9.92. The van der Waals surface area contributed by atoms with E-state index in [1.54, 1.807) is 29.2 Å². The lowest BCUT2D eigenvalue weighted by molar-refractivity contribution is 0.0979. The maximum atomic E-state index is 13.0. The summed E-state index contributed by atoms with van der Waals surface area (Å²) in [5.41, 5.74) is 2.28. The van der Waals surface area contributed by atoms with Crippen LogP contribution in [0, 0.1) is 6.92 Å². The molecule has 3 rings (SSSR count). The molecule has 1 aliphatic heterocycles. The zero-order valence-corrected chi connectivity index (χ0v) is 14.8. The third-order valence-corrected chi connectivity index (χ3v) is 6.20. The maximum absolute atomic E-state index is 13.0. The molecule has 126 valence electrons. The molecule has 1 unspecified atom stereocenters. The molecular formula is C18H18ClNO3S. The number of benzene rings is 2. The van der Waals surface area contributed by atoms with Crippen LogP contribution in [0.4, 0.5) is 5.69 Å². The molecule has 1 heterocycles. The van der Waals surface area contributed by atoms with Gasteiger partial charge in [-0.3, -0.25) is 4.79 Å². The van der Waals surface area contributed by atoms with Gasteiger partial charge in [0.1, 0.15) is 0 Å². The lowest BCUT2D eigenvalue weighted by Crippen LogP contribution is -2.41. The molecular weight excluding hydrogens is 346 g/mol. The van der Waals surface area contributed by atoms with Crippen molar-refractivity contribution in [3.8, 4) is 0 Å². The molecule has 1 aliphatic rings. The van der Waals surface area contributed by atoms with Crippen molar-refractivity contribution in [1.29, 1.82) is 0 Å². The molecule has 6 heteroatoms. The molecule has 2 aromatic rings. The fourth-order valence-electron chi connectivity index (χ4n) is 2.91. The van der Waals surface area contributed by atoms with Crippen molar-refractivity contribution in [1.82, 2.24) is 0 Å². The summed E-state index contributed by atoms with van der Waals surface area (Å²) >= 11 is 5.89. The van der Waals surface area contributed by atoms with Crippen molar-refractivity contribution in [3.05, 3.63) is 64.7 Å². The van der Waals surface area contributed by atoms with Crippen LogP contribution in [0.15, 0.2) is 48.5 Å². The van der Waals surface area contributed by atoms with E-state index in [9.17, 15) is 13.2 Å². The van der Waals surface area contributed by atoms with Gasteiger partial charge in [0.2, 0.25) is 0 Å². The molecule has 0 aliphatic carbocycles. The number of aryl methyl sites for hydroxylation is 1. The molecule has 2 aromatic carbocycles. The summed E-state index contributed by atoms with van der Waals surface area (Å²) in [5, 5.41) is 0.553. The first kappa shape index (κ1) is 17.0. The summed E-state index contributed by atoms with van der Waals surface area (Å²) < 4.78 is 23.8. The van der Waals surface area contributed by atoms with Crippen LogP contribution in [0.3, 0.4) is 0 Å². The van der Waals surface area contributed by atoms with E-state index in [4.69, 9.17) is 11.6 Å². The Labute approximate surface area is 147 Å². The average Bonchev–Trinajstić information content (AvgIpc) is 2.90. The number of nitrogens with zero attached hydrogens (tertiary/aromatic N) is 1. The Bertz CT molecular complexity index is 845. The largest absolute Gasteiger partial charge is 0.304 e. The Morgan fingerprint density at radius 2 is 1.71 bits per heavy atom. The number of amides is 1. The van der Waals surface area contributed by atoms with E-state index >= 15 is 0 Å². The van der Waals surface area contributed by atoms with E-state index in [0.29, 0.717) is 22.7 Å². The number of rotatable bonds is 3. The zero-order chi connectivity index (χ0) is 17.3. The topological polar surface area (TPSA) is 54.5 Å². The van der Waals surface area contributed by atoms with E-state index < -0.39 is 9.84 Å². The molecule has 24 heavy (non-hydrogen) atoms. The summed E-state index contributed by atoms with van der Waals surface area (Å²) in [4.78, 5) is 14.6. The summed E-state index contributed by atoms with van der Waals surface area (Å²) in [6, 6.07) is 13.8. The van der Waals surface area contributed by atoms with E-state index in [0.717, 1.165) is 5.56 Å². The van der Waals surface area contributed by atoms with E-state index in [1.165, 1.54) is 0 Å². The lowest BCUT2D eigenvalue weighted by Gasteiger charge is -2.28. The number of hydrogen-bond donors (Lipinski definition) is 0. The number of anilines is 1. The number of halogens is 1. The molecule has 0 spiro atoms. The number of carbonyl (C=O) groups excluding carboxylic acids is 1. The monoisotopic (exact) mass is 363 g/mol. The van der Waals surface area contributed by atoms with Crippen molar-refractivity contribution < 1.29 is 13.2 Å². The minimum Gasteiger partial charge on any atom is -0.304 e. The van der Waals surface area contributed by atoms with Crippen molar-refractivity contribution in [2.75, 3.05) is 16.4 Å². The molecule has 1 fully saturated rings. The van der Waals surface area contributed by atoms with E-state index in [-0.39, 0.29) is 23.5 Å². The van der Waals surface area contributed by atoms with Gasteiger partial charge in [-0.25, -0.2) is 8.42 Å². The highest BCUT2D eigenvalue weighted by Gasteiger charge is 2.35. The van der Waals surface area contributed by atoms with E-state index in [2.05, 4.69) is 0 Å². The SMILES string of the molecule is Cc1ccc(N(C(=O)c2ccc(Cl)cc2)C2CCS(=O)(=O)C2)cc1. The molecule has 0 N–H and O–H groups in total. The minimum absolute atomic E-state index is 0.000205. The first-order chi connectivity index (χ1) is 11.4. The van der Waals surface area contributed by atoms with Crippen molar-refractivity contribution in [2.45, 2.75) is 19.4 Å². The van der Waals surface area contributed by atoms with Crippen LogP contribution >= 0.6 is 11.6 Å². The van der Waals surface area contributed by atoms with Crippen LogP contribution in [-0.2, 0) is 9.84 Å². The van der Waals surface area contributed by atoms with Crippen LogP contribution in [0.1, 0.15) is 22.3 Å². The van der Waals surface area contributed by atoms with Crippen molar-refractivity contribution in [3.63, 3.8) is 0 Å². The summed E-state index contributed by atoms with van der Waals surface area (Å²) in [6.45, 7) is 1.97. The van der Waals surface area contributed by atoms with Gasteiger partial charge in [-0.05, 0) is 49.7 Å². The van der Waals surface area contributed by atoms with Gasteiger partial charge >= 0.3 is 0 Å². The molecule has 4 nitrogen and oxygen atoms in total. The Morgan fingerprint density at radius 1 is 1.08 bits per heavy atom. The van der Waals surface area contributed by atoms with Gasteiger partial charge in [0.05, 0.1) is 17.5 Å². The van der Waals surface area contributed by atoms with Gasteiger partial charge in [0.15, 0.2) is 9.84 Å². The second-order valence-electron chi connectivity index (χ2n) is 6.07. The average molecular weight is 364 g/mol. The van der Waals surface area contributed by atoms with Crippen LogP contribution < -0.4 is 4.90 Å². The van der Waals surface area contributed by atoms with Crippen molar-refractivity contribution in [2.24, 2.45) is 0 Å². The fourth-order valence-corrected chi connectivity index (χ4v) is 4.74. The minimum atomic E-state index is -3.09. The molecule has 0 saturated carbocycles. The van der Waals surface area contributed by atoms with Crippen LogP contribution in [-0.4, -0.2) is 31.9 Å². The first-order valence-electron chi connectivity index (χ1n) is 7.72. The van der Waals surface area contributed by atoms with Gasteiger partial charge in [0.25, 0.3) is 5.91 Å². The van der Waals surface area contributed by atoms with Gasteiger partial charge in [-0.2, -0.15) is 0 Å². The molecule has 1 amide bonds. The zero-order valence-electron chi connectivity index (χ0n) is 13.3. The smallest absolute Gasteiger partial charge is 0.258 e. The highest BCUT2D eigenvalue weighted by Crippen LogP contribution is 2.27. The highest BCUT2D eigenvalue weighted by molar-refractivity contribution is 7.91. The summed E-state index contributed by atoms with van der Waals surface area (Å²) in [5.74, 6) is -0.0914. The van der Waals surface area contributed by atoms with Gasteiger partial charge in [0, 0.05) is 16.3 Å². The lowest BCUT2D eigenvalue weighted by atomic mass is 10.1. The second-order valence-corrected chi connectivity index (χ2v) is 8.74. The van der Waals surface area contributed by atoms with Gasteiger partial charge in [-0.1, -0.05) is 29.3 Å². The van der Waals surface area contributed by atoms with Crippen LogP contribution in [0.2, 0.25) is 5.02 Å².